The maximum absolute atomic E-state index is 12.3. The molecule has 0 fully saturated rings. The van der Waals surface area contributed by atoms with Crippen LogP contribution in [-0.2, 0) is 0 Å². The minimum Gasteiger partial charge on any atom is -0.493 e. The Kier molecular flexibility index (Phi) is 4.34. The van der Waals surface area contributed by atoms with E-state index < -0.39 is 0 Å². The molecule has 1 aromatic heterocycles. The zero-order valence-corrected chi connectivity index (χ0v) is 12.5. The van der Waals surface area contributed by atoms with Crippen LogP contribution in [-0.4, -0.2) is 20.0 Å². The zero-order chi connectivity index (χ0) is 14.0. The van der Waals surface area contributed by atoms with Crippen LogP contribution in [0.3, 0.4) is 0 Å². The Morgan fingerprint density at radius 2 is 1.89 bits per heavy atom. The lowest BCUT2D eigenvalue weighted by Crippen LogP contribution is -2.01. The lowest BCUT2D eigenvalue weighted by Gasteiger charge is -2.11. The molecule has 3 nitrogen and oxygen atoms in total. The fraction of sp³-hybridized carbons (Fsp3) is 0.154. The van der Waals surface area contributed by atoms with Gasteiger partial charge < -0.3 is 9.47 Å². The smallest absolute Gasteiger partial charge is 0.204 e. The molecule has 0 radical (unpaired) electrons. The van der Waals surface area contributed by atoms with E-state index in [1.54, 1.807) is 23.6 Å². The van der Waals surface area contributed by atoms with Gasteiger partial charge in [0.25, 0.3) is 0 Å². The van der Waals surface area contributed by atoms with Crippen molar-refractivity contribution in [2.45, 2.75) is 0 Å². The van der Waals surface area contributed by atoms with Crippen molar-refractivity contribution in [3.8, 4) is 11.5 Å². The summed E-state index contributed by atoms with van der Waals surface area (Å²) in [6.45, 7) is 0. The van der Waals surface area contributed by atoms with Crippen molar-refractivity contribution in [1.82, 2.24) is 0 Å². The van der Waals surface area contributed by atoms with E-state index in [1.165, 1.54) is 25.6 Å². The lowest BCUT2D eigenvalue weighted by molar-refractivity contribution is 0.104. The molecule has 0 unspecified atom stereocenters. The van der Waals surface area contributed by atoms with E-state index in [1.807, 2.05) is 0 Å². The number of halogens is 2. The Morgan fingerprint density at radius 1 is 1.16 bits per heavy atom. The summed E-state index contributed by atoms with van der Waals surface area (Å²) in [4.78, 5) is 12.8. The second kappa shape index (κ2) is 5.82. The summed E-state index contributed by atoms with van der Waals surface area (Å²) in [5.41, 5.74) is 0.409. The molecule has 0 atom stereocenters. The predicted molar refractivity (Wildman–Crippen MR) is 77.3 cm³/mol. The number of carbonyl (C=O) groups excluding carboxylic acids is 1. The van der Waals surface area contributed by atoms with Gasteiger partial charge in [0.15, 0.2) is 11.5 Å². The average Bonchev–Trinajstić information content (AvgIpc) is 2.83. The molecule has 0 aliphatic rings. The summed E-state index contributed by atoms with van der Waals surface area (Å²) < 4.78 is 10.3. The van der Waals surface area contributed by atoms with Crippen LogP contribution in [0.5, 0.6) is 11.5 Å². The molecule has 0 amide bonds. The third-order valence-corrected chi connectivity index (χ3v) is 4.14. The molecule has 0 N–H and O–H groups in total. The maximum Gasteiger partial charge on any atom is 0.204 e. The Morgan fingerprint density at radius 3 is 2.42 bits per heavy atom. The highest BCUT2D eigenvalue weighted by molar-refractivity contribution is 7.13. The highest BCUT2D eigenvalue weighted by Gasteiger charge is 2.19. The minimum atomic E-state index is -0.192. The van der Waals surface area contributed by atoms with Gasteiger partial charge in [0, 0.05) is 5.56 Å². The van der Waals surface area contributed by atoms with Crippen LogP contribution in [0.4, 0.5) is 0 Å². The Labute approximate surface area is 124 Å². The molecule has 0 bridgehead atoms. The van der Waals surface area contributed by atoms with Gasteiger partial charge in [-0.2, -0.15) is 0 Å². The molecule has 2 rings (SSSR count). The van der Waals surface area contributed by atoms with Crippen molar-refractivity contribution in [2.75, 3.05) is 14.2 Å². The van der Waals surface area contributed by atoms with E-state index in [-0.39, 0.29) is 5.78 Å². The molecule has 0 saturated carbocycles. The van der Waals surface area contributed by atoms with Crippen molar-refractivity contribution < 1.29 is 14.3 Å². The quantitative estimate of drug-likeness (QED) is 0.789. The molecular weight excluding hydrogens is 307 g/mol. The van der Waals surface area contributed by atoms with Crippen LogP contribution in [0.15, 0.2) is 23.6 Å². The number of ether oxygens (including phenoxy) is 2. The van der Waals surface area contributed by atoms with Gasteiger partial charge in [-0.1, -0.05) is 23.2 Å². The number of methoxy groups -OCH3 is 2. The van der Waals surface area contributed by atoms with Crippen molar-refractivity contribution in [3.63, 3.8) is 0 Å². The summed E-state index contributed by atoms with van der Waals surface area (Å²) in [5, 5.41) is 2.51. The SMILES string of the molecule is COc1cc(C(=O)c2sccc2Cl)cc(Cl)c1OC. The molecule has 0 saturated heterocycles. The second-order valence-corrected chi connectivity index (χ2v) is 5.35. The van der Waals surface area contributed by atoms with Gasteiger partial charge in [0.2, 0.25) is 5.78 Å². The lowest BCUT2D eigenvalue weighted by atomic mass is 10.1. The minimum absolute atomic E-state index is 0.192. The van der Waals surface area contributed by atoms with Gasteiger partial charge in [0.1, 0.15) is 0 Å². The summed E-state index contributed by atoms with van der Waals surface area (Å²) in [5.74, 6) is 0.617. The summed E-state index contributed by atoms with van der Waals surface area (Å²) in [6.07, 6.45) is 0. The van der Waals surface area contributed by atoms with Crippen molar-refractivity contribution in [3.05, 3.63) is 44.1 Å². The van der Waals surface area contributed by atoms with Crippen molar-refractivity contribution in [1.29, 1.82) is 0 Å². The molecule has 0 spiro atoms. The molecule has 6 heteroatoms. The Balaban J connectivity index is 2.49. The first-order valence-electron chi connectivity index (χ1n) is 5.27. The standard InChI is InChI=1S/C13H10Cl2O3S/c1-17-10-6-7(5-9(15)12(10)18-2)11(16)13-8(14)3-4-19-13/h3-6H,1-2H3. The summed E-state index contributed by atoms with van der Waals surface area (Å²) >= 11 is 13.3. The van der Waals surface area contributed by atoms with Crippen LogP contribution in [0, 0.1) is 0 Å². The maximum atomic E-state index is 12.3. The molecular formula is C13H10Cl2O3S. The number of hydrogen-bond donors (Lipinski definition) is 0. The molecule has 2 aromatic rings. The second-order valence-electron chi connectivity index (χ2n) is 3.62. The van der Waals surface area contributed by atoms with Crippen molar-refractivity contribution in [2.24, 2.45) is 0 Å². The third-order valence-electron chi connectivity index (χ3n) is 2.52. The van der Waals surface area contributed by atoms with Gasteiger partial charge >= 0.3 is 0 Å². The highest BCUT2D eigenvalue weighted by Crippen LogP contribution is 2.37. The summed E-state index contributed by atoms with van der Waals surface area (Å²) in [7, 11) is 2.97. The molecule has 1 heterocycles. The third kappa shape index (κ3) is 2.71. The van der Waals surface area contributed by atoms with Crippen LogP contribution in [0.1, 0.15) is 15.2 Å². The van der Waals surface area contributed by atoms with Crippen LogP contribution < -0.4 is 9.47 Å². The number of ketones is 1. The van der Waals surface area contributed by atoms with Gasteiger partial charge in [-0.05, 0) is 23.6 Å². The number of benzene rings is 1. The van der Waals surface area contributed by atoms with Crippen LogP contribution in [0.2, 0.25) is 10.0 Å². The summed E-state index contributed by atoms with van der Waals surface area (Å²) in [6, 6.07) is 4.81. The van der Waals surface area contributed by atoms with Gasteiger partial charge in [-0.15, -0.1) is 11.3 Å². The molecule has 19 heavy (non-hydrogen) atoms. The number of rotatable bonds is 4. The first-order valence-corrected chi connectivity index (χ1v) is 6.91. The molecule has 100 valence electrons. The highest BCUT2D eigenvalue weighted by atomic mass is 35.5. The Bertz CT molecular complexity index is 622. The molecule has 0 aliphatic heterocycles. The van der Waals surface area contributed by atoms with Gasteiger partial charge in [-0.25, -0.2) is 0 Å². The van der Waals surface area contributed by atoms with Crippen molar-refractivity contribution >= 4 is 40.3 Å². The zero-order valence-electron chi connectivity index (χ0n) is 10.2. The fourth-order valence-electron chi connectivity index (χ4n) is 1.64. The number of hydrogen-bond acceptors (Lipinski definition) is 4. The monoisotopic (exact) mass is 316 g/mol. The van der Waals surface area contributed by atoms with E-state index in [0.717, 1.165) is 0 Å². The number of carbonyl (C=O) groups is 1. The van der Waals surface area contributed by atoms with E-state index in [2.05, 4.69) is 0 Å². The predicted octanol–water partition coefficient (Wildman–Crippen LogP) is 4.30. The fourth-order valence-corrected chi connectivity index (χ4v) is 3.03. The largest absolute Gasteiger partial charge is 0.493 e. The van der Waals surface area contributed by atoms with Gasteiger partial charge in [-0.3, -0.25) is 4.79 Å². The van der Waals surface area contributed by atoms with E-state index in [0.29, 0.717) is 32.0 Å². The molecule has 0 aliphatic carbocycles. The average molecular weight is 317 g/mol. The number of thiophene rings is 1. The van der Waals surface area contributed by atoms with Gasteiger partial charge in [0.05, 0.1) is 29.1 Å². The van der Waals surface area contributed by atoms with Crippen LogP contribution in [0.25, 0.3) is 0 Å². The van der Waals surface area contributed by atoms with Crippen LogP contribution >= 0.6 is 34.5 Å². The molecule has 1 aromatic carbocycles. The first-order chi connectivity index (χ1) is 9.08. The normalized spacial score (nSPS) is 10.3. The van der Waals surface area contributed by atoms with E-state index >= 15 is 0 Å². The van der Waals surface area contributed by atoms with E-state index in [4.69, 9.17) is 32.7 Å². The first kappa shape index (κ1) is 14.2. The Hall–Kier alpha value is -1.23. The topological polar surface area (TPSA) is 35.5 Å². The van der Waals surface area contributed by atoms with E-state index in [9.17, 15) is 4.79 Å².